The van der Waals surface area contributed by atoms with Gasteiger partial charge in [-0.1, -0.05) is 0 Å². The van der Waals surface area contributed by atoms with Crippen molar-refractivity contribution in [3.8, 4) is 0 Å². The van der Waals surface area contributed by atoms with Gasteiger partial charge in [-0.05, 0) is 48.6 Å². The lowest BCUT2D eigenvalue weighted by molar-refractivity contribution is -0.147. The van der Waals surface area contributed by atoms with Crippen molar-refractivity contribution in [2.75, 3.05) is 32.7 Å². The smallest absolute Gasteiger partial charge is 0.229 e. The number of nitrogens with zero attached hydrogens (tertiary/aromatic N) is 3. The van der Waals surface area contributed by atoms with Crippen LogP contribution in [-0.2, 0) is 16.1 Å². The molecule has 0 unspecified atom stereocenters. The molecule has 2 amide bonds. The van der Waals surface area contributed by atoms with Crippen molar-refractivity contribution in [1.82, 2.24) is 20.4 Å². The van der Waals surface area contributed by atoms with Crippen molar-refractivity contribution in [1.29, 1.82) is 0 Å². The van der Waals surface area contributed by atoms with Crippen LogP contribution in [0.1, 0.15) is 44.6 Å². The molecule has 0 saturated carbocycles. The normalized spacial score (nSPS) is 19.9. The van der Waals surface area contributed by atoms with E-state index in [-0.39, 0.29) is 11.8 Å². The van der Waals surface area contributed by atoms with E-state index in [4.69, 9.17) is 0 Å². The average molecular weight is 406 g/mol. The summed E-state index contributed by atoms with van der Waals surface area (Å²) in [5.74, 6) is 0.639. The van der Waals surface area contributed by atoms with Crippen LogP contribution in [0.5, 0.6) is 0 Å². The van der Waals surface area contributed by atoms with Crippen LogP contribution in [0.2, 0.25) is 0 Å². The van der Waals surface area contributed by atoms with Gasteiger partial charge in [0.15, 0.2) is 5.96 Å². The summed E-state index contributed by atoms with van der Waals surface area (Å²) >= 11 is 1.75. The van der Waals surface area contributed by atoms with Crippen LogP contribution in [0.4, 0.5) is 0 Å². The Bertz CT molecular complexity index is 652. The van der Waals surface area contributed by atoms with Crippen molar-refractivity contribution in [3.63, 3.8) is 0 Å². The highest BCUT2D eigenvalue weighted by molar-refractivity contribution is 7.07. The van der Waals surface area contributed by atoms with Crippen molar-refractivity contribution in [2.24, 2.45) is 4.99 Å². The molecule has 2 N–H and O–H groups in total. The molecule has 28 heavy (non-hydrogen) atoms. The van der Waals surface area contributed by atoms with Gasteiger partial charge in [0.1, 0.15) is 0 Å². The van der Waals surface area contributed by atoms with Crippen LogP contribution >= 0.6 is 11.3 Å². The molecule has 7 nitrogen and oxygen atoms in total. The summed E-state index contributed by atoms with van der Waals surface area (Å²) in [6, 6.07) is 2.60. The number of imide groups is 1. The summed E-state index contributed by atoms with van der Waals surface area (Å²) in [4.78, 5) is 32.2. The van der Waals surface area contributed by atoms with E-state index in [9.17, 15) is 9.59 Å². The SMILES string of the molecule is CCNC(=NCCN1C(=O)CCCC1=O)NC1CCN(Cc2ccsc2)CC1. The number of carbonyl (C=O) groups excluding carboxylic acids is 2. The minimum absolute atomic E-state index is 0.0672. The van der Waals surface area contributed by atoms with Crippen LogP contribution in [-0.4, -0.2) is 66.3 Å². The summed E-state index contributed by atoms with van der Waals surface area (Å²) < 4.78 is 0. The first-order valence-corrected chi connectivity index (χ1v) is 11.2. The van der Waals surface area contributed by atoms with E-state index >= 15 is 0 Å². The molecule has 154 valence electrons. The van der Waals surface area contributed by atoms with Crippen molar-refractivity contribution >= 4 is 29.1 Å². The topological polar surface area (TPSA) is 77.0 Å². The Morgan fingerprint density at radius 1 is 1.25 bits per heavy atom. The number of aliphatic imine (C=N–C) groups is 1. The first-order chi connectivity index (χ1) is 13.7. The summed E-state index contributed by atoms with van der Waals surface area (Å²) in [6.07, 6.45) is 3.78. The molecule has 0 spiro atoms. The number of hydrogen-bond donors (Lipinski definition) is 2. The number of likely N-dealkylation sites (tertiary alicyclic amines) is 2. The molecule has 0 atom stereocenters. The zero-order valence-electron chi connectivity index (χ0n) is 16.7. The minimum atomic E-state index is -0.0672. The molecule has 1 aromatic heterocycles. The van der Waals surface area contributed by atoms with Crippen LogP contribution in [0.15, 0.2) is 21.8 Å². The maximum Gasteiger partial charge on any atom is 0.229 e. The number of carbonyl (C=O) groups is 2. The highest BCUT2D eigenvalue weighted by Crippen LogP contribution is 2.15. The lowest BCUT2D eigenvalue weighted by Crippen LogP contribution is -2.49. The standard InChI is InChI=1S/C20H31N5O2S/c1-2-21-20(22-9-12-25-18(26)4-3-5-19(25)27)23-17-6-10-24(11-7-17)14-16-8-13-28-15-16/h8,13,15,17H,2-7,9-12,14H2,1H3,(H2,21,22,23). The molecule has 2 aliphatic heterocycles. The largest absolute Gasteiger partial charge is 0.357 e. The van der Waals surface area contributed by atoms with E-state index in [1.54, 1.807) is 11.3 Å². The summed E-state index contributed by atoms with van der Waals surface area (Å²) in [5, 5.41) is 11.2. The molecule has 0 bridgehead atoms. The van der Waals surface area contributed by atoms with E-state index in [2.05, 4.69) is 37.4 Å². The van der Waals surface area contributed by atoms with E-state index in [0.717, 1.165) is 45.0 Å². The average Bonchev–Trinajstić information content (AvgIpc) is 3.19. The molecule has 2 aliphatic rings. The quantitative estimate of drug-likeness (QED) is 0.411. The number of guanidine groups is 1. The fourth-order valence-corrected chi connectivity index (χ4v) is 4.36. The molecule has 0 aliphatic carbocycles. The van der Waals surface area contributed by atoms with Gasteiger partial charge >= 0.3 is 0 Å². The third kappa shape index (κ3) is 6.04. The zero-order valence-corrected chi connectivity index (χ0v) is 17.5. The summed E-state index contributed by atoms with van der Waals surface area (Å²) in [6.45, 7) is 6.80. The molecule has 3 heterocycles. The lowest BCUT2D eigenvalue weighted by Gasteiger charge is -2.33. The number of hydrogen-bond acceptors (Lipinski definition) is 5. The molecule has 1 aromatic rings. The predicted molar refractivity (Wildman–Crippen MR) is 112 cm³/mol. The molecular formula is C20H31N5O2S. The van der Waals surface area contributed by atoms with Crippen molar-refractivity contribution < 1.29 is 9.59 Å². The number of rotatable bonds is 7. The molecule has 2 saturated heterocycles. The zero-order chi connectivity index (χ0) is 19.8. The molecule has 8 heteroatoms. The second kappa shape index (κ2) is 10.6. The minimum Gasteiger partial charge on any atom is -0.357 e. The van der Waals surface area contributed by atoms with Gasteiger partial charge in [-0.2, -0.15) is 11.3 Å². The molecule has 3 rings (SSSR count). The molecule has 2 fully saturated rings. The lowest BCUT2D eigenvalue weighted by atomic mass is 10.0. The number of piperidine rings is 2. The Hall–Kier alpha value is -1.93. The van der Waals surface area contributed by atoms with E-state index < -0.39 is 0 Å². The van der Waals surface area contributed by atoms with E-state index in [1.165, 1.54) is 10.5 Å². The van der Waals surface area contributed by atoms with Gasteiger partial charge in [-0.15, -0.1) is 0 Å². The van der Waals surface area contributed by atoms with Gasteiger partial charge in [0.05, 0.1) is 6.54 Å². The van der Waals surface area contributed by atoms with Crippen LogP contribution in [0, 0.1) is 0 Å². The second-order valence-corrected chi connectivity index (χ2v) is 8.16. The Labute approximate surface area is 171 Å². The Morgan fingerprint density at radius 2 is 2.00 bits per heavy atom. The van der Waals surface area contributed by atoms with E-state index in [1.807, 2.05) is 6.92 Å². The maximum atomic E-state index is 11.9. The monoisotopic (exact) mass is 405 g/mol. The number of amides is 2. The van der Waals surface area contributed by atoms with Gasteiger partial charge in [0.2, 0.25) is 11.8 Å². The Balaban J connectivity index is 1.44. The van der Waals surface area contributed by atoms with Crippen molar-refractivity contribution in [2.45, 2.75) is 51.6 Å². The third-order valence-corrected chi connectivity index (χ3v) is 5.97. The van der Waals surface area contributed by atoms with Crippen LogP contribution in [0.3, 0.4) is 0 Å². The number of thiophene rings is 1. The first-order valence-electron chi connectivity index (χ1n) is 10.3. The van der Waals surface area contributed by atoms with Gasteiger partial charge in [0.25, 0.3) is 0 Å². The van der Waals surface area contributed by atoms with E-state index in [0.29, 0.717) is 38.4 Å². The van der Waals surface area contributed by atoms with Gasteiger partial charge in [-0.25, -0.2) is 0 Å². The number of nitrogens with one attached hydrogen (secondary N) is 2. The van der Waals surface area contributed by atoms with Gasteiger partial charge in [0, 0.05) is 51.6 Å². The Morgan fingerprint density at radius 3 is 2.64 bits per heavy atom. The highest BCUT2D eigenvalue weighted by Gasteiger charge is 2.25. The van der Waals surface area contributed by atoms with Gasteiger partial charge < -0.3 is 10.6 Å². The predicted octanol–water partition coefficient (Wildman–Crippen LogP) is 1.81. The summed E-state index contributed by atoms with van der Waals surface area (Å²) in [7, 11) is 0. The maximum absolute atomic E-state index is 11.9. The van der Waals surface area contributed by atoms with Crippen LogP contribution in [0.25, 0.3) is 0 Å². The second-order valence-electron chi connectivity index (χ2n) is 7.38. The van der Waals surface area contributed by atoms with Crippen LogP contribution < -0.4 is 10.6 Å². The molecule has 0 aromatic carbocycles. The molecular weight excluding hydrogens is 374 g/mol. The fourth-order valence-electron chi connectivity index (χ4n) is 3.70. The Kier molecular flexibility index (Phi) is 7.85. The molecule has 0 radical (unpaired) electrons. The van der Waals surface area contributed by atoms with Gasteiger partial charge in [-0.3, -0.25) is 24.4 Å². The third-order valence-electron chi connectivity index (χ3n) is 5.24. The first kappa shape index (κ1) is 20.8. The summed E-state index contributed by atoms with van der Waals surface area (Å²) in [5.41, 5.74) is 1.40. The fraction of sp³-hybridized carbons (Fsp3) is 0.650. The van der Waals surface area contributed by atoms with Crippen molar-refractivity contribution in [3.05, 3.63) is 22.4 Å². The highest BCUT2D eigenvalue weighted by atomic mass is 32.1.